The minimum atomic E-state index is -2.96. The van der Waals surface area contributed by atoms with E-state index < -0.39 is 65.8 Å². The maximum atomic E-state index is 12.2. The lowest BCUT2D eigenvalue weighted by molar-refractivity contribution is 0.466. The van der Waals surface area contributed by atoms with E-state index in [1.807, 2.05) is 81.4 Å². The summed E-state index contributed by atoms with van der Waals surface area (Å²) in [5, 5.41) is 12.2. The Balaban J connectivity index is 1.44. The number of aromatic nitrogens is 3. The molecular weight excluding hydrogens is 707 g/mol. The van der Waals surface area contributed by atoms with Gasteiger partial charge in [-0.25, -0.2) is 4.98 Å². The topological polar surface area (TPSA) is 50.9 Å². The smallest absolute Gasteiger partial charge is 0.149 e. The molecule has 58 heavy (non-hydrogen) atoms. The van der Waals surface area contributed by atoms with Gasteiger partial charge in [0, 0.05) is 27.1 Å². The summed E-state index contributed by atoms with van der Waals surface area (Å²) in [4.78, 5) is 9.90. The minimum Gasteiger partial charge on any atom is -0.507 e. The van der Waals surface area contributed by atoms with Crippen molar-refractivity contribution >= 4 is 11.0 Å². The molecule has 8 rings (SSSR count). The lowest BCUT2D eigenvalue weighted by Crippen LogP contribution is -2.11. The van der Waals surface area contributed by atoms with Gasteiger partial charge in [-0.1, -0.05) is 139 Å². The predicted molar refractivity (Wildman–Crippen MR) is 244 cm³/mol. The van der Waals surface area contributed by atoms with Crippen molar-refractivity contribution in [1.82, 2.24) is 14.5 Å². The Morgan fingerprint density at radius 1 is 0.672 bits per heavy atom. The number of aryl methyl sites for hydroxylation is 1. The second-order valence-corrected chi connectivity index (χ2v) is 16.7. The summed E-state index contributed by atoms with van der Waals surface area (Å²) >= 11 is 0. The standard InChI is InChI=1S/C54H53N3O/c1-33(2)40-30-47(34(3)4)52(58)48(31-40)53-56-51-46(16-13-17-50(51)57(53)45-25-36(6)24-41(29-45)37-14-11-10-12-15-37)42-26-43(28-44(27-42)54(7,8)9)49-32-39(22-23-55-49)38-20-18-35(5)19-21-38/h10-34,58H,1-9H3/i5D3,18D,19D,20D,21D,22D,23D,32D. The zero-order valence-corrected chi connectivity index (χ0v) is 34.2. The summed E-state index contributed by atoms with van der Waals surface area (Å²) in [6.07, 6.45) is -0.562. The fourth-order valence-corrected chi connectivity index (χ4v) is 7.46. The number of nitrogens with zero attached hydrogens (tertiary/aromatic N) is 3. The third-order valence-corrected chi connectivity index (χ3v) is 10.7. The average Bonchev–Trinajstić information content (AvgIpc) is 3.67. The van der Waals surface area contributed by atoms with Crippen LogP contribution >= 0.6 is 0 Å². The highest BCUT2D eigenvalue weighted by Gasteiger charge is 2.25. The monoisotopic (exact) mass is 769 g/mol. The molecule has 0 aliphatic heterocycles. The van der Waals surface area contributed by atoms with Gasteiger partial charge in [0.05, 0.1) is 31.9 Å². The number of phenolic OH excluding ortho intramolecular Hbond substituents is 1. The molecule has 4 nitrogen and oxygen atoms in total. The molecule has 8 aromatic rings. The van der Waals surface area contributed by atoms with E-state index in [2.05, 4.69) is 80.6 Å². The highest BCUT2D eigenvalue weighted by atomic mass is 16.3. The third kappa shape index (κ3) is 7.47. The zero-order chi connectivity index (χ0) is 49.5. The highest BCUT2D eigenvalue weighted by molar-refractivity contribution is 5.97. The molecule has 4 heteroatoms. The first kappa shape index (κ1) is 28.2. The summed E-state index contributed by atoms with van der Waals surface area (Å²) in [6.45, 7) is 13.6. The van der Waals surface area contributed by atoms with Crippen LogP contribution in [0.3, 0.4) is 0 Å². The van der Waals surface area contributed by atoms with Crippen molar-refractivity contribution in [3.8, 4) is 67.5 Å². The van der Waals surface area contributed by atoms with E-state index in [0.29, 0.717) is 28.0 Å². The number of aromatic hydroxyl groups is 1. The molecule has 1 N–H and O–H groups in total. The normalized spacial score (nSPS) is 14.6. The van der Waals surface area contributed by atoms with Crippen molar-refractivity contribution < 1.29 is 18.8 Å². The molecule has 2 heterocycles. The second kappa shape index (κ2) is 15.2. The Morgan fingerprint density at radius 3 is 2.14 bits per heavy atom. The van der Waals surface area contributed by atoms with Gasteiger partial charge >= 0.3 is 0 Å². The van der Waals surface area contributed by atoms with Crippen molar-refractivity contribution in [2.24, 2.45) is 0 Å². The Bertz CT molecular complexity index is 3280. The van der Waals surface area contributed by atoms with Gasteiger partial charge in [0.25, 0.3) is 0 Å². The fraction of sp³-hybridized carbons (Fsp3) is 0.222. The summed E-state index contributed by atoms with van der Waals surface area (Å²) in [7, 11) is 0. The van der Waals surface area contributed by atoms with Crippen molar-refractivity contribution in [2.75, 3.05) is 0 Å². The Morgan fingerprint density at radius 2 is 1.43 bits per heavy atom. The first-order chi connectivity index (χ1) is 31.9. The molecule has 0 aliphatic carbocycles. The van der Waals surface area contributed by atoms with E-state index in [0.717, 1.165) is 50.1 Å². The van der Waals surface area contributed by atoms with E-state index in [9.17, 15) is 6.48 Å². The van der Waals surface area contributed by atoms with Crippen LogP contribution in [0.5, 0.6) is 5.75 Å². The summed E-state index contributed by atoms with van der Waals surface area (Å²) in [5.41, 5.74) is 8.38. The van der Waals surface area contributed by atoms with Crippen molar-refractivity contribution in [2.45, 2.75) is 79.5 Å². The van der Waals surface area contributed by atoms with Gasteiger partial charge in [0.2, 0.25) is 0 Å². The molecule has 0 saturated heterocycles. The van der Waals surface area contributed by atoms with E-state index in [-0.39, 0.29) is 28.8 Å². The highest BCUT2D eigenvalue weighted by Crippen LogP contribution is 2.43. The Kier molecular flexibility index (Phi) is 7.41. The molecule has 290 valence electrons. The molecular formula is C54H53N3O. The van der Waals surface area contributed by atoms with Crippen molar-refractivity contribution in [3.05, 3.63) is 167 Å². The molecule has 0 aliphatic rings. The summed E-state index contributed by atoms with van der Waals surface area (Å²) < 4.78 is 87.9. The quantitative estimate of drug-likeness (QED) is 0.167. The molecule has 0 saturated carbocycles. The molecule has 0 fully saturated rings. The number of fused-ring (bicyclic) bond motifs is 1. The van der Waals surface area contributed by atoms with Crippen molar-refractivity contribution in [1.29, 1.82) is 0 Å². The number of rotatable bonds is 8. The van der Waals surface area contributed by atoms with Gasteiger partial charge in [0.1, 0.15) is 11.6 Å². The minimum absolute atomic E-state index is 0.0180. The largest absolute Gasteiger partial charge is 0.507 e. The molecule has 0 amide bonds. The van der Waals surface area contributed by atoms with Gasteiger partial charge in [-0.15, -0.1) is 0 Å². The Hall–Kier alpha value is -6.26. The van der Waals surface area contributed by atoms with Gasteiger partial charge < -0.3 is 5.11 Å². The molecule has 0 spiro atoms. The zero-order valence-electron chi connectivity index (χ0n) is 44.2. The summed E-state index contributed by atoms with van der Waals surface area (Å²) in [5.74, 6) is 0.868. The molecule has 0 bridgehead atoms. The number of para-hydroxylation sites is 1. The third-order valence-electron chi connectivity index (χ3n) is 10.7. The average molecular weight is 770 g/mol. The number of benzene rings is 6. The number of hydrogen-bond acceptors (Lipinski definition) is 3. The number of pyridine rings is 1. The maximum Gasteiger partial charge on any atom is 0.149 e. The van der Waals surface area contributed by atoms with Crippen LogP contribution < -0.4 is 0 Å². The van der Waals surface area contributed by atoms with E-state index >= 15 is 0 Å². The first-order valence-corrected chi connectivity index (χ1v) is 19.7. The molecule has 2 aromatic heterocycles. The lowest BCUT2D eigenvalue weighted by atomic mass is 9.83. The molecule has 0 unspecified atom stereocenters. The van der Waals surface area contributed by atoms with Gasteiger partial charge in [-0.2, -0.15) is 0 Å². The number of hydrogen-bond donors (Lipinski definition) is 1. The van der Waals surface area contributed by atoms with Gasteiger partial charge in [0.15, 0.2) is 0 Å². The van der Waals surface area contributed by atoms with E-state index in [4.69, 9.17) is 17.3 Å². The molecule has 0 atom stereocenters. The summed E-state index contributed by atoms with van der Waals surface area (Å²) in [6, 6.07) is 28.2. The van der Waals surface area contributed by atoms with Gasteiger partial charge in [-0.3, -0.25) is 9.55 Å². The van der Waals surface area contributed by atoms with E-state index in [1.54, 1.807) is 0 Å². The second-order valence-electron chi connectivity index (χ2n) is 16.7. The number of imidazole rings is 1. The maximum absolute atomic E-state index is 12.2. The van der Waals surface area contributed by atoms with Crippen LogP contribution in [0, 0.1) is 13.8 Å². The molecule has 0 radical (unpaired) electrons. The van der Waals surface area contributed by atoms with Gasteiger partial charge in [-0.05, 0) is 130 Å². The lowest BCUT2D eigenvalue weighted by Gasteiger charge is -2.22. The van der Waals surface area contributed by atoms with Crippen LogP contribution in [0.1, 0.15) is 102 Å². The van der Waals surface area contributed by atoms with Crippen LogP contribution in [0.2, 0.25) is 0 Å². The van der Waals surface area contributed by atoms with Crippen LogP contribution in [-0.2, 0) is 5.41 Å². The predicted octanol–water partition coefficient (Wildman–Crippen LogP) is 14.6. The van der Waals surface area contributed by atoms with Crippen LogP contribution in [0.25, 0.3) is 72.7 Å². The Labute approximate surface area is 358 Å². The molecule has 6 aromatic carbocycles. The number of phenols is 1. The first-order valence-electron chi connectivity index (χ1n) is 24.7. The van der Waals surface area contributed by atoms with E-state index in [1.165, 1.54) is 0 Å². The SMILES string of the molecule is [2H]c1nc(-c2cc(-c3cccc4c3nc(-c3cc(C(C)C)cc(C(C)C)c3O)n4-c3cc(C)cc(-c4ccccc4)c3)cc(C(C)(C)C)c2)c([2H])c(-c2c([2H])c([2H])c(C([2H])([2H])[2H])c([2H])c2[2H])c1[2H]. The van der Waals surface area contributed by atoms with Crippen LogP contribution in [0.15, 0.2) is 139 Å². The van der Waals surface area contributed by atoms with Crippen molar-refractivity contribution in [3.63, 3.8) is 0 Å². The van der Waals surface area contributed by atoms with Crippen LogP contribution in [-0.4, -0.2) is 19.6 Å². The fourth-order valence-electron chi connectivity index (χ4n) is 7.46. The van der Waals surface area contributed by atoms with Crippen LogP contribution in [0.4, 0.5) is 0 Å².